The molecule has 5 rings (SSSR count). The summed E-state index contributed by atoms with van der Waals surface area (Å²) in [7, 11) is 0. The maximum absolute atomic E-state index is 13.7. The number of nitrogens with one attached hydrogen (secondary N) is 1. The van der Waals surface area contributed by atoms with Gasteiger partial charge in [-0.1, -0.05) is 36.4 Å². The number of halogens is 3. The van der Waals surface area contributed by atoms with E-state index in [9.17, 15) is 27.9 Å². The fourth-order valence-corrected chi connectivity index (χ4v) is 4.51. The fraction of sp³-hybridized carbons (Fsp3) is 0.185. The lowest BCUT2D eigenvalue weighted by Crippen LogP contribution is -2.18. The van der Waals surface area contributed by atoms with Crippen molar-refractivity contribution in [1.29, 1.82) is 0 Å². The first-order valence-electron chi connectivity index (χ1n) is 11.2. The molecule has 0 fully saturated rings. The summed E-state index contributed by atoms with van der Waals surface area (Å²) in [5.74, 6) is -0.926. The van der Waals surface area contributed by atoms with Crippen LogP contribution in [-0.2, 0) is 19.3 Å². The number of carboxylic acid groups (broad SMARTS) is 1. The van der Waals surface area contributed by atoms with E-state index in [1.165, 1.54) is 18.2 Å². The Morgan fingerprint density at radius 3 is 2.31 bits per heavy atom. The number of benzene rings is 3. The molecule has 1 aliphatic rings. The Labute approximate surface area is 203 Å². The standard InChI is InChI=1S/C27H21F3N2O4/c1-15(31-22-9-5-4-8-19(22)26(34)35)20-10-18(27(28,29)30)11-21-23(33)12-24(36-25(20)21)32-13-16-6-2-3-7-17(16)14-32/h2-12,15,31H,13-14H2,1H3,(H,34,35)/t15-/m0/s1. The summed E-state index contributed by atoms with van der Waals surface area (Å²) >= 11 is 0. The van der Waals surface area contributed by atoms with Gasteiger partial charge >= 0.3 is 12.1 Å². The van der Waals surface area contributed by atoms with Gasteiger partial charge in [0.1, 0.15) is 5.58 Å². The second kappa shape index (κ2) is 8.75. The van der Waals surface area contributed by atoms with E-state index in [2.05, 4.69) is 5.32 Å². The number of carboxylic acids is 1. The lowest BCUT2D eigenvalue weighted by atomic mass is 10.00. The topological polar surface area (TPSA) is 82.8 Å². The summed E-state index contributed by atoms with van der Waals surface area (Å²) in [6.45, 7) is 2.59. The Bertz CT molecular complexity index is 1520. The third kappa shape index (κ3) is 4.28. The molecule has 0 aliphatic carbocycles. The molecule has 36 heavy (non-hydrogen) atoms. The highest BCUT2D eigenvalue weighted by Crippen LogP contribution is 2.37. The van der Waals surface area contributed by atoms with Crippen molar-refractivity contribution < 1.29 is 27.5 Å². The van der Waals surface area contributed by atoms with Crippen LogP contribution < -0.4 is 15.6 Å². The van der Waals surface area contributed by atoms with Gasteiger partial charge in [-0.2, -0.15) is 13.2 Å². The SMILES string of the molecule is C[C@H](Nc1ccccc1C(=O)O)c1cc(C(F)(F)F)cc2c(=O)cc(N3Cc4ccccc4C3)oc12. The van der Waals surface area contributed by atoms with Crippen molar-refractivity contribution in [1.82, 2.24) is 0 Å². The number of fused-ring (bicyclic) bond motifs is 2. The molecule has 0 radical (unpaired) electrons. The molecular weight excluding hydrogens is 473 g/mol. The Balaban J connectivity index is 1.63. The van der Waals surface area contributed by atoms with Crippen molar-refractivity contribution in [2.45, 2.75) is 32.2 Å². The molecule has 2 N–H and O–H groups in total. The first-order valence-corrected chi connectivity index (χ1v) is 11.2. The van der Waals surface area contributed by atoms with E-state index in [1.54, 1.807) is 19.1 Å². The van der Waals surface area contributed by atoms with E-state index in [4.69, 9.17) is 4.42 Å². The normalized spacial score (nSPS) is 14.1. The van der Waals surface area contributed by atoms with Crippen molar-refractivity contribution in [3.8, 4) is 0 Å². The van der Waals surface area contributed by atoms with Gasteiger partial charge in [0.2, 0.25) is 5.88 Å². The van der Waals surface area contributed by atoms with Crippen LogP contribution in [0.1, 0.15) is 45.6 Å². The molecule has 0 saturated heterocycles. The number of nitrogens with zero attached hydrogens (tertiary/aromatic N) is 1. The number of hydrogen-bond donors (Lipinski definition) is 2. The molecule has 0 saturated carbocycles. The summed E-state index contributed by atoms with van der Waals surface area (Å²) in [4.78, 5) is 26.5. The summed E-state index contributed by atoms with van der Waals surface area (Å²) in [6, 6.07) is 16.0. The Morgan fingerprint density at radius 2 is 1.67 bits per heavy atom. The maximum Gasteiger partial charge on any atom is 0.416 e. The number of rotatable bonds is 5. The van der Waals surface area contributed by atoms with Gasteiger partial charge < -0.3 is 19.7 Å². The fourth-order valence-electron chi connectivity index (χ4n) is 4.51. The molecule has 0 amide bonds. The molecular formula is C27H21F3N2O4. The molecule has 1 atom stereocenters. The number of alkyl halides is 3. The number of carbonyl (C=O) groups is 1. The van der Waals surface area contributed by atoms with Gasteiger partial charge in [0.05, 0.1) is 22.6 Å². The van der Waals surface area contributed by atoms with Gasteiger partial charge in [-0.15, -0.1) is 0 Å². The molecule has 2 heterocycles. The summed E-state index contributed by atoms with van der Waals surface area (Å²) in [5, 5.41) is 12.3. The van der Waals surface area contributed by atoms with Gasteiger partial charge in [0.25, 0.3) is 0 Å². The molecule has 0 spiro atoms. The van der Waals surface area contributed by atoms with Crippen LogP contribution >= 0.6 is 0 Å². The summed E-state index contributed by atoms with van der Waals surface area (Å²) < 4.78 is 47.3. The second-order valence-corrected chi connectivity index (χ2v) is 8.73. The minimum absolute atomic E-state index is 0.0225. The molecule has 0 unspecified atom stereocenters. The first kappa shape index (κ1) is 23.5. The smallest absolute Gasteiger partial charge is 0.416 e. The first-order chi connectivity index (χ1) is 17.1. The van der Waals surface area contributed by atoms with Crippen LogP contribution in [0, 0.1) is 0 Å². The van der Waals surface area contributed by atoms with Crippen LogP contribution in [0.15, 0.2) is 75.9 Å². The van der Waals surface area contributed by atoms with Crippen LogP contribution in [0.5, 0.6) is 0 Å². The predicted molar refractivity (Wildman–Crippen MR) is 129 cm³/mol. The predicted octanol–water partition coefficient (Wildman–Crippen LogP) is 6.20. The summed E-state index contributed by atoms with van der Waals surface area (Å²) in [5.41, 5.74) is 0.895. The van der Waals surface area contributed by atoms with E-state index in [1.807, 2.05) is 29.2 Å². The molecule has 4 aromatic rings. The highest BCUT2D eigenvalue weighted by atomic mass is 19.4. The average molecular weight is 494 g/mol. The van der Waals surface area contributed by atoms with E-state index >= 15 is 0 Å². The third-order valence-electron chi connectivity index (χ3n) is 6.32. The van der Waals surface area contributed by atoms with E-state index in [-0.39, 0.29) is 33.7 Å². The van der Waals surface area contributed by atoms with Crippen LogP contribution in [0.3, 0.4) is 0 Å². The monoisotopic (exact) mass is 494 g/mol. The number of anilines is 2. The zero-order valence-electron chi connectivity index (χ0n) is 19.1. The number of hydrogen-bond acceptors (Lipinski definition) is 5. The molecule has 0 bridgehead atoms. The van der Waals surface area contributed by atoms with E-state index in [0.29, 0.717) is 13.1 Å². The van der Waals surface area contributed by atoms with Crippen LogP contribution in [0.25, 0.3) is 11.0 Å². The van der Waals surface area contributed by atoms with Crippen molar-refractivity contribution in [3.05, 3.63) is 105 Å². The van der Waals surface area contributed by atoms with Gasteiger partial charge in [-0.05, 0) is 42.3 Å². The van der Waals surface area contributed by atoms with Crippen molar-refractivity contribution in [3.63, 3.8) is 0 Å². The largest absolute Gasteiger partial charge is 0.478 e. The maximum atomic E-state index is 13.7. The van der Waals surface area contributed by atoms with Gasteiger partial charge in [0, 0.05) is 30.4 Å². The van der Waals surface area contributed by atoms with E-state index < -0.39 is 29.2 Å². The third-order valence-corrected chi connectivity index (χ3v) is 6.32. The van der Waals surface area contributed by atoms with Gasteiger partial charge in [-0.3, -0.25) is 4.79 Å². The molecule has 3 aromatic carbocycles. The van der Waals surface area contributed by atoms with Crippen LogP contribution in [-0.4, -0.2) is 11.1 Å². The molecule has 9 heteroatoms. The zero-order chi connectivity index (χ0) is 25.6. The van der Waals surface area contributed by atoms with Crippen LogP contribution in [0.2, 0.25) is 0 Å². The summed E-state index contributed by atoms with van der Waals surface area (Å²) in [6.07, 6.45) is -4.69. The zero-order valence-corrected chi connectivity index (χ0v) is 19.1. The minimum Gasteiger partial charge on any atom is -0.478 e. The van der Waals surface area contributed by atoms with Crippen molar-refractivity contribution in [2.75, 3.05) is 10.2 Å². The highest BCUT2D eigenvalue weighted by Gasteiger charge is 2.33. The molecule has 184 valence electrons. The second-order valence-electron chi connectivity index (χ2n) is 8.73. The Morgan fingerprint density at radius 1 is 1.03 bits per heavy atom. The van der Waals surface area contributed by atoms with Gasteiger partial charge in [-0.25, -0.2) is 4.79 Å². The highest BCUT2D eigenvalue weighted by molar-refractivity contribution is 5.94. The Hall–Kier alpha value is -4.27. The van der Waals surface area contributed by atoms with Crippen molar-refractivity contribution in [2.24, 2.45) is 0 Å². The van der Waals surface area contributed by atoms with Gasteiger partial charge in [0.15, 0.2) is 5.43 Å². The number of aromatic carboxylic acids is 1. The van der Waals surface area contributed by atoms with E-state index in [0.717, 1.165) is 23.3 Å². The lowest BCUT2D eigenvalue weighted by molar-refractivity contribution is -0.137. The lowest BCUT2D eigenvalue weighted by Gasteiger charge is -2.22. The van der Waals surface area contributed by atoms with Crippen molar-refractivity contribution >= 4 is 28.5 Å². The molecule has 1 aliphatic heterocycles. The quantitative estimate of drug-likeness (QED) is 0.344. The molecule has 1 aromatic heterocycles. The molecule has 6 nitrogen and oxygen atoms in total. The Kier molecular flexibility index (Phi) is 5.70. The average Bonchev–Trinajstić information content (AvgIpc) is 3.27. The number of para-hydroxylation sites is 1. The van der Waals surface area contributed by atoms with Crippen LogP contribution in [0.4, 0.5) is 24.7 Å². The minimum atomic E-state index is -4.69.